The minimum atomic E-state index is -0.264. The van der Waals surface area contributed by atoms with Crippen LogP contribution >= 0.6 is 28.3 Å². The van der Waals surface area contributed by atoms with Gasteiger partial charge in [0.25, 0.3) is 0 Å². The number of benzene rings is 1. The smallest absolute Gasteiger partial charge is 0.227 e. The number of para-hydroxylation sites is 1. The Labute approximate surface area is 157 Å². The lowest BCUT2D eigenvalue weighted by Gasteiger charge is -2.29. The van der Waals surface area contributed by atoms with Crippen molar-refractivity contribution in [1.29, 1.82) is 0 Å². The van der Waals surface area contributed by atoms with Crippen molar-refractivity contribution in [1.82, 2.24) is 10.6 Å². The fourth-order valence-corrected chi connectivity index (χ4v) is 3.87. The topological polar surface area (TPSA) is 61.4 Å². The van der Waals surface area contributed by atoms with Crippen LogP contribution in [0.1, 0.15) is 26.2 Å². The highest BCUT2D eigenvalue weighted by molar-refractivity contribution is 9.10. The second-order valence-corrected chi connectivity index (χ2v) is 7.30. The first-order valence-electron chi connectivity index (χ1n) is 8.13. The van der Waals surface area contributed by atoms with Crippen molar-refractivity contribution in [2.45, 2.75) is 38.3 Å². The van der Waals surface area contributed by atoms with Crippen molar-refractivity contribution in [2.75, 3.05) is 18.0 Å². The number of halogens is 2. The second kappa shape index (κ2) is 8.32. The molecule has 0 radical (unpaired) electrons. The maximum absolute atomic E-state index is 12.5. The Hall–Kier alpha value is -1.11. The van der Waals surface area contributed by atoms with E-state index in [2.05, 4.69) is 33.5 Å². The quantitative estimate of drug-likeness (QED) is 0.796. The molecule has 7 heteroatoms. The summed E-state index contributed by atoms with van der Waals surface area (Å²) >= 11 is 3.48. The van der Waals surface area contributed by atoms with Crippen LogP contribution in [0.25, 0.3) is 0 Å². The molecule has 0 aromatic heterocycles. The average molecular weight is 417 g/mol. The summed E-state index contributed by atoms with van der Waals surface area (Å²) in [6, 6.07) is 8.26. The number of nitrogens with zero attached hydrogens (tertiary/aromatic N) is 1. The third-order valence-electron chi connectivity index (χ3n) is 4.61. The lowest BCUT2D eigenvalue weighted by atomic mass is 9.99. The maximum Gasteiger partial charge on any atom is 0.227 e. The molecule has 2 N–H and O–H groups in total. The van der Waals surface area contributed by atoms with Gasteiger partial charge in [0, 0.05) is 29.5 Å². The predicted octanol–water partition coefficient (Wildman–Crippen LogP) is 2.48. The average Bonchev–Trinajstić information content (AvgIpc) is 2.90. The SMILES string of the molecule is CC1CC(NC(=O)C2CC(=O)N(c3ccccc3Br)C2)CCN1.Cl. The molecule has 24 heavy (non-hydrogen) atoms. The summed E-state index contributed by atoms with van der Waals surface area (Å²) in [7, 11) is 0. The van der Waals surface area contributed by atoms with E-state index in [0.29, 0.717) is 12.6 Å². The van der Waals surface area contributed by atoms with Crippen molar-refractivity contribution in [3.05, 3.63) is 28.7 Å². The summed E-state index contributed by atoms with van der Waals surface area (Å²) in [4.78, 5) is 26.5. The number of carbonyl (C=O) groups is 2. The molecule has 2 aliphatic rings. The van der Waals surface area contributed by atoms with Crippen LogP contribution in [0, 0.1) is 5.92 Å². The van der Waals surface area contributed by atoms with E-state index in [1.807, 2.05) is 24.3 Å². The zero-order valence-electron chi connectivity index (χ0n) is 13.6. The molecule has 2 amide bonds. The lowest BCUT2D eigenvalue weighted by Crippen LogP contribution is -2.48. The minimum Gasteiger partial charge on any atom is -0.353 e. The summed E-state index contributed by atoms with van der Waals surface area (Å²) in [6.45, 7) is 3.51. The number of hydrogen-bond acceptors (Lipinski definition) is 3. The molecule has 1 aromatic rings. The first-order valence-corrected chi connectivity index (χ1v) is 8.92. The van der Waals surface area contributed by atoms with Gasteiger partial charge in [0.05, 0.1) is 11.6 Å². The van der Waals surface area contributed by atoms with Gasteiger partial charge in [0.2, 0.25) is 11.8 Å². The third kappa shape index (κ3) is 4.29. The summed E-state index contributed by atoms with van der Waals surface area (Å²) in [5, 5.41) is 6.51. The van der Waals surface area contributed by atoms with Crippen LogP contribution < -0.4 is 15.5 Å². The van der Waals surface area contributed by atoms with E-state index in [4.69, 9.17) is 0 Å². The summed E-state index contributed by atoms with van der Waals surface area (Å²) in [5.41, 5.74) is 0.836. The van der Waals surface area contributed by atoms with Crippen LogP contribution in [0.2, 0.25) is 0 Å². The Morgan fingerprint density at radius 3 is 2.83 bits per heavy atom. The Morgan fingerprint density at radius 1 is 1.38 bits per heavy atom. The van der Waals surface area contributed by atoms with E-state index in [-0.39, 0.29) is 42.6 Å². The molecule has 3 atom stereocenters. The van der Waals surface area contributed by atoms with E-state index in [1.165, 1.54) is 0 Å². The number of anilines is 1. The molecule has 3 unspecified atom stereocenters. The Balaban J connectivity index is 0.00000208. The van der Waals surface area contributed by atoms with Gasteiger partial charge >= 0.3 is 0 Å². The molecule has 0 spiro atoms. The van der Waals surface area contributed by atoms with Gasteiger partial charge in [-0.25, -0.2) is 0 Å². The number of nitrogens with one attached hydrogen (secondary N) is 2. The molecule has 2 heterocycles. The van der Waals surface area contributed by atoms with Gasteiger partial charge in [0.15, 0.2) is 0 Å². The number of carbonyl (C=O) groups excluding carboxylic acids is 2. The normalized spacial score (nSPS) is 26.8. The first-order chi connectivity index (χ1) is 11.0. The third-order valence-corrected chi connectivity index (χ3v) is 5.28. The van der Waals surface area contributed by atoms with E-state index in [9.17, 15) is 9.59 Å². The molecule has 132 valence electrons. The van der Waals surface area contributed by atoms with Gasteiger partial charge in [-0.3, -0.25) is 9.59 Å². The maximum atomic E-state index is 12.5. The van der Waals surface area contributed by atoms with E-state index >= 15 is 0 Å². The molecule has 0 aliphatic carbocycles. The van der Waals surface area contributed by atoms with Crippen molar-refractivity contribution in [3.8, 4) is 0 Å². The van der Waals surface area contributed by atoms with Gasteiger partial charge in [-0.2, -0.15) is 0 Å². The highest BCUT2D eigenvalue weighted by Gasteiger charge is 2.36. The molecule has 0 bridgehead atoms. The van der Waals surface area contributed by atoms with Crippen molar-refractivity contribution >= 4 is 45.8 Å². The molecular weight excluding hydrogens is 394 g/mol. The second-order valence-electron chi connectivity index (χ2n) is 6.44. The van der Waals surface area contributed by atoms with Crippen LogP contribution in [0.4, 0.5) is 5.69 Å². The van der Waals surface area contributed by atoms with Crippen LogP contribution in [0.15, 0.2) is 28.7 Å². The zero-order valence-corrected chi connectivity index (χ0v) is 16.0. The number of piperidine rings is 1. The Morgan fingerprint density at radius 2 is 2.12 bits per heavy atom. The highest BCUT2D eigenvalue weighted by Crippen LogP contribution is 2.31. The van der Waals surface area contributed by atoms with Crippen molar-refractivity contribution < 1.29 is 9.59 Å². The molecule has 0 saturated carbocycles. The summed E-state index contributed by atoms with van der Waals surface area (Å²) < 4.78 is 0.876. The molecule has 2 fully saturated rings. The van der Waals surface area contributed by atoms with E-state index in [1.54, 1.807) is 4.90 Å². The van der Waals surface area contributed by atoms with E-state index < -0.39 is 0 Å². The molecule has 1 aromatic carbocycles. The zero-order chi connectivity index (χ0) is 16.4. The first kappa shape index (κ1) is 19.2. The van der Waals surface area contributed by atoms with Crippen molar-refractivity contribution in [2.24, 2.45) is 5.92 Å². The number of hydrogen-bond donors (Lipinski definition) is 2. The fraction of sp³-hybridized carbons (Fsp3) is 0.529. The van der Waals surface area contributed by atoms with Crippen LogP contribution in [-0.4, -0.2) is 37.0 Å². The largest absolute Gasteiger partial charge is 0.353 e. The van der Waals surface area contributed by atoms with Crippen LogP contribution in [0.3, 0.4) is 0 Å². The fourth-order valence-electron chi connectivity index (χ4n) is 3.37. The Bertz CT molecular complexity index is 613. The van der Waals surface area contributed by atoms with Gasteiger partial charge in [-0.15, -0.1) is 12.4 Å². The van der Waals surface area contributed by atoms with Gasteiger partial charge < -0.3 is 15.5 Å². The lowest BCUT2D eigenvalue weighted by molar-refractivity contribution is -0.127. The van der Waals surface area contributed by atoms with Gasteiger partial charge in [-0.05, 0) is 54.4 Å². The molecular formula is C17H23BrClN3O2. The van der Waals surface area contributed by atoms with Gasteiger partial charge in [-0.1, -0.05) is 12.1 Å². The summed E-state index contributed by atoms with van der Waals surface area (Å²) in [5.74, 6) is -0.248. The summed E-state index contributed by atoms with van der Waals surface area (Å²) in [6.07, 6.45) is 2.18. The molecule has 5 nitrogen and oxygen atoms in total. The number of amides is 2. The molecule has 2 aliphatic heterocycles. The molecule has 3 rings (SSSR count). The number of rotatable bonds is 3. The molecule has 2 saturated heterocycles. The monoisotopic (exact) mass is 415 g/mol. The van der Waals surface area contributed by atoms with Crippen molar-refractivity contribution in [3.63, 3.8) is 0 Å². The Kier molecular flexibility index (Phi) is 6.66. The minimum absolute atomic E-state index is 0. The van der Waals surface area contributed by atoms with Crippen LogP contribution in [0.5, 0.6) is 0 Å². The van der Waals surface area contributed by atoms with Gasteiger partial charge in [0.1, 0.15) is 0 Å². The standard InChI is InChI=1S/C17H22BrN3O2.ClH/c1-11-8-13(6-7-19-11)20-17(23)12-9-16(22)21(10-12)15-5-3-2-4-14(15)18;/h2-5,11-13,19H,6-10H2,1H3,(H,20,23);1H. The predicted molar refractivity (Wildman–Crippen MR) is 100 cm³/mol. The highest BCUT2D eigenvalue weighted by atomic mass is 79.9. The van der Waals surface area contributed by atoms with Crippen LogP contribution in [-0.2, 0) is 9.59 Å². The van der Waals surface area contributed by atoms with E-state index in [0.717, 1.165) is 29.5 Å².